The van der Waals surface area contributed by atoms with E-state index in [0.717, 1.165) is 0 Å². The highest BCUT2D eigenvalue weighted by molar-refractivity contribution is 5.87. The average Bonchev–Trinajstić information content (AvgIpc) is 1.99. The van der Waals surface area contributed by atoms with Crippen LogP contribution in [0.25, 0.3) is 0 Å². The lowest BCUT2D eigenvalue weighted by Gasteiger charge is -2.13. The lowest BCUT2D eigenvalue weighted by atomic mass is 10.3. The number of hydrogen-bond donors (Lipinski definition) is 4. The van der Waals surface area contributed by atoms with Crippen LogP contribution in [0.2, 0.25) is 0 Å². The van der Waals surface area contributed by atoms with Crippen LogP contribution in [0, 0.1) is 5.41 Å². The fraction of sp³-hybridized carbons (Fsp3) is 0.667. The van der Waals surface area contributed by atoms with Crippen LogP contribution in [0.15, 0.2) is 0 Å². The van der Waals surface area contributed by atoms with Gasteiger partial charge in [-0.05, 0) is 6.92 Å². The van der Waals surface area contributed by atoms with Gasteiger partial charge in [-0.1, -0.05) is 0 Å². The molecule has 0 aliphatic rings. The fourth-order valence-electron chi connectivity index (χ4n) is 0.506. The van der Waals surface area contributed by atoms with E-state index in [1.165, 1.54) is 6.92 Å². The second-order valence-electron chi connectivity index (χ2n) is 2.62. The van der Waals surface area contributed by atoms with Gasteiger partial charge < -0.3 is 16.4 Å². The number of urea groups is 1. The molecule has 0 heterocycles. The van der Waals surface area contributed by atoms with Crippen LogP contribution in [0.3, 0.4) is 0 Å². The molecule has 0 saturated carbocycles. The molecule has 14 heavy (non-hydrogen) atoms. The van der Waals surface area contributed by atoms with Crippen LogP contribution >= 0.6 is 0 Å². The van der Waals surface area contributed by atoms with E-state index in [2.05, 4.69) is 5.32 Å². The van der Waals surface area contributed by atoms with Crippen LogP contribution in [-0.4, -0.2) is 30.6 Å². The van der Waals surface area contributed by atoms with Crippen LogP contribution in [0.5, 0.6) is 0 Å². The third-order valence-electron chi connectivity index (χ3n) is 1.26. The first-order valence-corrected chi connectivity index (χ1v) is 3.67. The van der Waals surface area contributed by atoms with E-state index in [9.17, 15) is 18.0 Å². The SMILES string of the molecule is CC(NC(=O)NCC(F)(F)F)C(=N)N. The monoisotopic (exact) mass is 212 g/mol. The third kappa shape index (κ3) is 6.09. The van der Waals surface area contributed by atoms with Gasteiger partial charge >= 0.3 is 12.2 Å². The maximum absolute atomic E-state index is 11.6. The summed E-state index contributed by atoms with van der Waals surface area (Å²) in [5.74, 6) is -0.327. The average molecular weight is 212 g/mol. The smallest absolute Gasteiger partial charge is 0.386 e. The highest BCUT2D eigenvalue weighted by Crippen LogP contribution is 2.11. The molecule has 1 unspecified atom stereocenters. The van der Waals surface area contributed by atoms with Gasteiger partial charge in [0.25, 0.3) is 0 Å². The summed E-state index contributed by atoms with van der Waals surface area (Å²) in [4.78, 5) is 10.7. The molecule has 0 spiro atoms. The molecule has 0 aromatic carbocycles. The molecule has 5 N–H and O–H groups in total. The Morgan fingerprint density at radius 3 is 2.43 bits per heavy atom. The number of halogens is 3. The normalized spacial score (nSPS) is 13.1. The molecule has 0 fully saturated rings. The van der Waals surface area contributed by atoms with Crippen LogP contribution < -0.4 is 16.4 Å². The highest BCUT2D eigenvalue weighted by atomic mass is 19.4. The molecule has 0 aliphatic heterocycles. The maximum atomic E-state index is 11.6. The third-order valence-corrected chi connectivity index (χ3v) is 1.26. The van der Waals surface area contributed by atoms with Gasteiger partial charge in [-0.3, -0.25) is 5.41 Å². The quantitative estimate of drug-likeness (QED) is 0.397. The summed E-state index contributed by atoms with van der Waals surface area (Å²) in [5.41, 5.74) is 4.98. The van der Waals surface area contributed by atoms with Crippen molar-refractivity contribution >= 4 is 11.9 Å². The largest absolute Gasteiger partial charge is 0.405 e. The molecule has 0 aromatic heterocycles. The molecule has 0 aliphatic carbocycles. The Morgan fingerprint density at radius 1 is 1.57 bits per heavy atom. The number of carbonyl (C=O) groups is 1. The van der Waals surface area contributed by atoms with E-state index in [0.29, 0.717) is 0 Å². The first kappa shape index (κ1) is 12.5. The topological polar surface area (TPSA) is 91.0 Å². The van der Waals surface area contributed by atoms with Crippen molar-refractivity contribution in [2.75, 3.05) is 6.54 Å². The number of carbonyl (C=O) groups excluding carboxylic acids is 1. The lowest BCUT2D eigenvalue weighted by molar-refractivity contribution is -0.122. The van der Waals surface area contributed by atoms with Crippen molar-refractivity contribution in [2.45, 2.75) is 19.1 Å². The van der Waals surface area contributed by atoms with Gasteiger partial charge in [0.1, 0.15) is 12.4 Å². The maximum Gasteiger partial charge on any atom is 0.405 e. The first-order chi connectivity index (χ1) is 6.22. The summed E-state index contributed by atoms with van der Waals surface area (Å²) >= 11 is 0. The summed E-state index contributed by atoms with van der Waals surface area (Å²) in [5, 5.41) is 10.5. The molecule has 0 rings (SSSR count). The Labute approximate surface area is 78.3 Å². The number of nitrogens with one attached hydrogen (secondary N) is 3. The molecule has 5 nitrogen and oxygen atoms in total. The summed E-state index contributed by atoms with van der Waals surface area (Å²) in [6.07, 6.45) is -4.45. The Kier molecular flexibility index (Phi) is 4.19. The minimum absolute atomic E-state index is 0.327. The summed E-state index contributed by atoms with van der Waals surface area (Å²) in [6.45, 7) is -0.0288. The van der Waals surface area contributed by atoms with E-state index >= 15 is 0 Å². The van der Waals surface area contributed by atoms with Crippen molar-refractivity contribution in [3.63, 3.8) is 0 Å². The predicted molar refractivity (Wildman–Crippen MR) is 44.0 cm³/mol. The number of alkyl halides is 3. The van der Waals surface area contributed by atoms with Gasteiger partial charge in [-0.15, -0.1) is 0 Å². The molecule has 0 aromatic rings. The molecule has 82 valence electrons. The minimum Gasteiger partial charge on any atom is -0.386 e. The van der Waals surface area contributed by atoms with E-state index in [1.54, 1.807) is 5.32 Å². The molecular weight excluding hydrogens is 201 g/mol. The molecule has 8 heteroatoms. The zero-order valence-corrected chi connectivity index (χ0v) is 7.40. The van der Waals surface area contributed by atoms with Crippen molar-refractivity contribution in [1.82, 2.24) is 10.6 Å². The van der Waals surface area contributed by atoms with Gasteiger partial charge in [0.05, 0.1) is 6.04 Å². The van der Waals surface area contributed by atoms with Crippen LogP contribution in [0.4, 0.5) is 18.0 Å². The summed E-state index contributed by atoms with van der Waals surface area (Å²) in [7, 11) is 0. The zero-order valence-electron chi connectivity index (χ0n) is 7.40. The molecule has 2 amide bonds. The number of rotatable bonds is 3. The Bertz CT molecular complexity index is 228. The van der Waals surface area contributed by atoms with Crippen molar-refractivity contribution in [1.29, 1.82) is 5.41 Å². The van der Waals surface area contributed by atoms with Gasteiger partial charge in [-0.2, -0.15) is 13.2 Å². The number of hydrogen-bond acceptors (Lipinski definition) is 2. The number of nitrogens with two attached hydrogens (primary N) is 1. The molecule has 0 bridgehead atoms. The molecule has 1 atom stereocenters. The van der Waals surface area contributed by atoms with Crippen LogP contribution in [0.1, 0.15) is 6.92 Å². The van der Waals surface area contributed by atoms with Crippen molar-refractivity contribution < 1.29 is 18.0 Å². The number of amidine groups is 1. The Hall–Kier alpha value is -1.47. The lowest BCUT2D eigenvalue weighted by Crippen LogP contribution is -2.48. The molecule has 0 saturated heterocycles. The standard InChI is InChI=1S/C6H11F3N4O/c1-3(4(10)11)13-5(14)12-2-6(7,8)9/h3H,2H2,1H3,(H3,10,11)(H2,12,13,14). The van der Waals surface area contributed by atoms with Gasteiger partial charge in [0.2, 0.25) is 0 Å². The van der Waals surface area contributed by atoms with E-state index in [4.69, 9.17) is 11.1 Å². The second-order valence-corrected chi connectivity index (χ2v) is 2.62. The van der Waals surface area contributed by atoms with Gasteiger partial charge in [0, 0.05) is 0 Å². The summed E-state index contributed by atoms with van der Waals surface area (Å²) < 4.78 is 34.8. The number of amides is 2. The Morgan fingerprint density at radius 2 is 2.07 bits per heavy atom. The fourth-order valence-corrected chi connectivity index (χ4v) is 0.506. The molecule has 0 radical (unpaired) electrons. The van der Waals surface area contributed by atoms with Crippen LogP contribution in [-0.2, 0) is 0 Å². The Balaban J connectivity index is 3.83. The van der Waals surface area contributed by atoms with Crippen molar-refractivity contribution in [3.8, 4) is 0 Å². The zero-order chi connectivity index (χ0) is 11.4. The first-order valence-electron chi connectivity index (χ1n) is 3.67. The molecular formula is C6H11F3N4O. The van der Waals surface area contributed by atoms with E-state index in [1.807, 2.05) is 0 Å². The summed E-state index contributed by atoms with van der Waals surface area (Å²) in [6, 6.07) is -1.80. The van der Waals surface area contributed by atoms with Gasteiger partial charge in [0.15, 0.2) is 0 Å². The van der Waals surface area contributed by atoms with E-state index < -0.39 is 24.8 Å². The minimum atomic E-state index is -4.45. The van der Waals surface area contributed by atoms with E-state index in [-0.39, 0.29) is 5.84 Å². The van der Waals surface area contributed by atoms with Crippen molar-refractivity contribution in [3.05, 3.63) is 0 Å². The van der Waals surface area contributed by atoms with Gasteiger partial charge in [-0.25, -0.2) is 4.79 Å². The highest BCUT2D eigenvalue weighted by Gasteiger charge is 2.27. The predicted octanol–water partition coefficient (Wildman–Crippen LogP) is 0.172. The second kappa shape index (κ2) is 4.68. The van der Waals surface area contributed by atoms with Crippen molar-refractivity contribution in [2.24, 2.45) is 5.73 Å².